The van der Waals surface area contributed by atoms with Crippen molar-refractivity contribution in [3.8, 4) is 0 Å². The van der Waals surface area contributed by atoms with E-state index in [4.69, 9.17) is 0 Å². The van der Waals surface area contributed by atoms with Crippen molar-refractivity contribution < 1.29 is 5.11 Å². The molecule has 0 radical (unpaired) electrons. The molecule has 0 amide bonds. The Balaban J connectivity index is 2.03. The van der Waals surface area contributed by atoms with Gasteiger partial charge in [-0.05, 0) is 37.2 Å². The molecule has 14 heavy (non-hydrogen) atoms. The monoisotopic (exact) mass is 194 g/mol. The van der Waals surface area contributed by atoms with E-state index in [1.165, 1.54) is 0 Å². The van der Waals surface area contributed by atoms with Gasteiger partial charge in [-0.3, -0.25) is 4.68 Å². The summed E-state index contributed by atoms with van der Waals surface area (Å²) in [6, 6.07) is 2.07. The molecule has 0 bridgehead atoms. The van der Waals surface area contributed by atoms with Gasteiger partial charge in [-0.1, -0.05) is 6.92 Å². The first-order chi connectivity index (χ1) is 6.57. The van der Waals surface area contributed by atoms with Gasteiger partial charge in [0.05, 0.1) is 11.8 Å². The van der Waals surface area contributed by atoms with Crippen molar-refractivity contribution in [1.82, 2.24) is 9.78 Å². The van der Waals surface area contributed by atoms with Crippen LogP contribution in [0.5, 0.6) is 0 Å². The zero-order valence-corrected chi connectivity index (χ0v) is 8.90. The van der Waals surface area contributed by atoms with Gasteiger partial charge in [-0.15, -0.1) is 0 Å². The minimum Gasteiger partial charge on any atom is -0.393 e. The minimum absolute atomic E-state index is 0.0938. The lowest BCUT2D eigenvalue weighted by Gasteiger charge is -2.21. The van der Waals surface area contributed by atoms with Crippen LogP contribution in [0.1, 0.15) is 31.9 Å². The molecule has 1 aliphatic rings. The fourth-order valence-electron chi connectivity index (χ4n) is 2.44. The first-order valence-corrected chi connectivity index (χ1v) is 5.24. The van der Waals surface area contributed by atoms with Crippen molar-refractivity contribution in [3.05, 3.63) is 18.0 Å². The molecule has 0 aromatic carbocycles. The Bertz CT molecular complexity index is 321. The first kappa shape index (κ1) is 9.71. The number of aliphatic hydroxyl groups excluding tert-OH is 1. The quantitative estimate of drug-likeness (QED) is 0.775. The summed E-state index contributed by atoms with van der Waals surface area (Å²) in [5.74, 6) is 0. The third kappa shape index (κ3) is 1.98. The first-order valence-electron chi connectivity index (χ1n) is 5.24. The molecule has 1 N–H and O–H groups in total. The average molecular weight is 194 g/mol. The lowest BCUT2D eigenvalue weighted by molar-refractivity contribution is 0.163. The molecule has 2 atom stereocenters. The molecule has 78 valence electrons. The Morgan fingerprint density at radius 3 is 3.00 bits per heavy atom. The highest BCUT2D eigenvalue weighted by atomic mass is 16.3. The standard InChI is InChI=1S/C11H18N2O/c1-11(5-3-10(14)8-11)7-9-4-6-13(2)12-9/h4,6,10,14H,3,5,7-8H2,1-2H3. The number of aryl methyl sites for hydroxylation is 1. The van der Waals surface area contributed by atoms with Gasteiger partial charge in [0, 0.05) is 13.2 Å². The minimum atomic E-state index is -0.0938. The van der Waals surface area contributed by atoms with Crippen LogP contribution in [0, 0.1) is 5.41 Å². The van der Waals surface area contributed by atoms with Crippen LogP contribution in [0.2, 0.25) is 0 Å². The van der Waals surface area contributed by atoms with Crippen molar-refractivity contribution in [2.24, 2.45) is 12.5 Å². The number of aromatic nitrogens is 2. The number of hydrogen-bond acceptors (Lipinski definition) is 2. The molecule has 1 aromatic rings. The molecule has 0 spiro atoms. The Morgan fingerprint density at radius 2 is 2.50 bits per heavy atom. The fourth-order valence-corrected chi connectivity index (χ4v) is 2.44. The van der Waals surface area contributed by atoms with Crippen LogP contribution in [-0.4, -0.2) is 21.0 Å². The molecule has 1 heterocycles. The molecule has 1 fully saturated rings. The summed E-state index contributed by atoms with van der Waals surface area (Å²) in [6.45, 7) is 2.25. The van der Waals surface area contributed by atoms with Gasteiger partial charge in [0.25, 0.3) is 0 Å². The molecule has 2 rings (SSSR count). The van der Waals surface area contributed by atoms with Gasteiger partial charge in [0.2, 0.25) is 0 Å². The van der Waals surface area contributed by atoms with Crippen LogP contribution in [0.4, 0.5) is 0 Å². The SMILES string of the molecule is Cn1ccc(CC2(C)CCC(O)C2)n1. The summed E-state index contributed by atoms with van der Waals surface area (Å²) in [7, 11) is 1.94. The summed E-state index contributed by atoms with van der Waals surface area (Å²) in [5, 5.41) is 13.9. The molecule has 2 unspecified atom stereocenters. The Kier molecular flexibility index (Phi) is 2.35. The van der Waals surface area contributed by atoms with E-state index >= 15 is 0 Å². The molecule has 1 aromatic heterocycles. The lowest BCUT2D eigenvalue weighted by atomic mass is 9.84. The summed E-state index contributed by atoms with van der Waals surface area (Å²) in [6.07, 6.45) is 5.86. The Hall–Kier alpha value is -0.830. The van der Waals surface area contributed by atoms with Crippen molar-refractivity contribution in [2.45, 2.75) is 38.7 Å². The fraction of sp³-hybridized carbons (Fsp3) is 0.727. The van der Waals surface area contributed by atoms with Crippen LogP contribution < -0.4 is 0 Å². The summed E-state index contributed by atoms with van der Waals surface area (Å²) < 4.78 is 1.84. The number of rotatable bonds is 2. The molecule has 0 saturated heterocycles. The van der Waals surface area contributed by atoms with Crippen LogP contribution in [0.3, 0.4) is 0 Å². The van der Waals surface area contributed by atoms with E-state index in [9.17, 15) is 5.11 Å². The van der Waals surface area contributed by atoms with E-state index in [0.29, 0.717) is 0 Å². The van der Waals surface area contributed by atoms with Crippen molar-refractivity contribution in [3.63, 3.8) is 0 Å². The number of aliphatic hydroxyl groups is 1. The van der Waals surface area contributed by atoms with Crippen molar-refractivity contribution >= 4 is 0 Å². The van der Waals surface area contributed by atoms with Crippen molar-refractivity contribution in [2.75, 3.05) is 0 Å². The maximum Gasteiger partial charge on any atom is 0.0629 e. The van der Waals surface area contributed by atoms with Gasteiger partial charge in [0.15, 0.2) is 0 Å². The van der Waals surface area contributed by atoms with E-state index in [2.05, 4.69) is 18.1 Å². The molecule has 0 aliphatic heterocycles. The van der Waals surface area contributed by atoms with E-state index in [-0.39, 0.29) is 11.5 Å². The van der Waals surface area contributed by atoms with Crippen molar-refractivity contribution in [1.29, 1.82) is 0 Å². The predicted molar refractivity (Wildman–Crippen MR) is 54.9 cm³/mol. The Morgan fingerprint density at radius 1 is 1.71 bits per heavy atom. The van der Waals surface area contributed by atoms with Gasteiger partial charge in [0.1, 0.15) is 0 Å². The van der Waals surface area contributed by atoms with E-state index in [1.807, 2.05) is 17.9 Å². The molecular formula is C11H18N2O. The second-order valence-electron chi connectivity index (χ2n) is 4.86. The van der Waals surface area contributed by atoms with E-state index in [1.54, 1.807) is 0 Å². The molecular weight excluding hydrogens is 176 g/mol. The maximum absolute atomic E-state index is 9.52. The highest BCUT2D eigenvalue weighted by Crippen LogP contribution is 2.40. The second-order valence-corrected chi connectivity index (χ2v) is 4.86. The zero-order chi connectivity index (χ0) is 10.2. The molecule has 3 heteroatoms. The topological polar surface area (TPSA) is 38.0 Å². The highest BCUT2D eigenvalue weighted by Gasteiger charge is 2.34. The van der Waals surface area contributed by atoms with Gasteiger partial charge >= 0.3 is 0 Å². The smallest absolute Gasteiger partial charge is 0.0629 e. The number of nitrogens with zero attached hydrogens (tertiary/aromatic N) is 2. The molecule has 1 saturated carbocycles. The van der Waals surface area contributed by atoms with Crippen LogP contribution in [0.25, 0.3) is 0 Å². The van der Waals surface area contributed by atoms with Gasteiger partial charge in [-0.25, -0.2) is 0 Å². The lowest BCUT2D eigenvalue weighted by Crippen LogP contribution is -2.17. The van der Waals surface area contributed by atoms with Gasteiger partial charge in [-0.2, -0.15) is 5.10 Å². The van der Waals surface area contributed by atoms with Crippen LogP contribution in [0.15, 0.2) is 12.3 Å². The summed E-state index contributed by atoms with van der Waals surface area (Å²) in [4.78, 5) is 0. The van der Waals surface area contributed by atoms with E-state index in [0.717, 1.165) is 31.4 Å². The molecule has 3 nitrogen and oxygen atoms in total. The third-order valence-corrected chi connectivity index (χ3v) is 3.19. The normalized spacial score (nSPS) is 32.4. The Labute approximate surface area is 84.7 Å². The maximum atomic E-state index is 9.52. The summed E-state index contributed by atoms with van der Waals surface area (Å²) >= 11 is 0. The van der Waals surface area contributed by atoms with Crippen LogP contribution >= 0.6 is 0 Å². The van der Waals surface area contributed by atoms with Crippen LogP contribution in [-0.2, 0) is 13.5 Å². The average Bonchev–Trinajstić information content (AvgIpc) is 2.60. The molecule has 1 aliphatic carbocycles. The van der Waals surface area contributed by atoms with E-state index < -0.39 is 0 Å². The highest BCUT2D eigenvalue weighted by molar-refractivity contribution is 5.04. The zero-order valence-electron chi connectivity index (χ0n) is 8.90. The largest absolute Gasteiger partial charge is 0.393 e. The third-order valence-electron chi connectivity index (χ3n) is 3.19. The second kappa shape index (κ2) is 3.39. The predicted octanol–water partition coefficient (Wildman–Crippen LogP) is 1.51. The summed E-state index contributed by atoms with van der Waals surface area (Å²) in [5.41, 5.74) is 1.40. The number of hydrogen-bond donors (Lipinski definition) is 1. The van der Waals surface area contributed by atoms with Gasteiger partial charge < -0.3 is 5.11 Å².